The quantitative estimate of drug-likeness (QED) is 0.810. The number of benzene rings is 1. The lowest BCUT2D eigenvalue weighted by atomic mass is 9.96. The minimum Gasteiger partial charge on any atom is -0.321 e. The van der Waals surface area contributed by atoms with Crippen molar-refractivity contribution >= 4 is 15.4 Å². The monoisotopic (exact) mass is 411 g/mol. The number of H-pyrrole nitrogens is 1. The third-order valence-corrected chi connectivity index (χ3v) is 6.03. The van der Waals surface area contributed by atoms with E-state index in [-0.39, 0.29) is 16.5 Å². The molecule has 1 N–H and O–H groups in total. The Morgan fingerprint density at radius 1 is 1.07 bits per heavy atom. The average molecular weight is 411 g/mol. The fraction of sp³-hybridized carbons (Fsp3) is 0.350. The first-order chi connectivity index (χ1) is 13.1. The first-order valence-corrected chi connectivity index (χ1v) is 10.8. The van der Waals surface area contributed by atoms with Crippen LogP contribution in [0.1, 0.15) is 42.5 Å². The van der Waals surface area contributed by atoms with Crippen LogP contribution in [0.4, 0.5) is 13.2 Å². The van der Waals surface area contributed by atoms with Gasteiger partial charge in [0.2, 0.25) is 0 Å². The second kappa shape index (κ2) is 7.58. The lowest BCUT2D eigenvalue weighted by molar-refractivity contribution is -0.138. The first kappa shape index (κ1) is 20.4. The molecule has 0 spiro atoms. The molecule has 0 saturated heterocycles. The Morgan fingerprint density at radius 2 is 1.68 bits per heavy atom. The smallest absolute Gasteiger partial charge is 0.321 e. The third-order valence-electron chi connectivity index (χ3n) is 4.90. The summed E-state index contributed by atoms with van der Waals surface area (Å²) in [5.41, 5.74) is -0.941. The number of alkyl halides is 3. The van der Waals surface area contributed by atoms with Gasteiger partial charge in [-0.15, -0.1) is 0 Å². The molecule has 150 valence electrons. The maximum atomic E-state index is 12.9. The molecule has 1 aromatic carbocycles. The molecule has 1 saturated carbocycles. The van der Waals surface area contributed by atoms with Gasteiger partial charge in [-0.1, -0.05) is 31.1 Å². The van der Waals surface area contributed by atoms with Crippen LogP contribution >= 0.6 is 0 Å². The van der Waals surface area contributed by atoms with Gasteiger partial charge in [-0.3, -0.25) is 4.79 Å². The normalized spacial score (nSPS) is 16.5. The van der Waals surface area contributed by atoms with E-state index in [9.17, 15) is 26.4 Å². The van der Waals surface area contributed by atoms with Crippen molar-refractivity contribution in [3.63, 3.8) is 0 Å². The standard InChI is InChI=1S/C20H20F3NO3S/c1-28(26,27)15-8-6-14(7-9-15)16(12-13-4-2-3-5-13)18-11-10-17(19(25)24-18)20(21,22)23/h6-13H,2-5H2,1H3,(H,24,25)/b16-12-. The highest BCUT2D eigenvalue weighted by Crippen LogP contribution is 2.32. The number of aromatic amines is 1. The third kappa shape index (κ3) is 4.55. The summed E-state index contributed by atoms with van der Waals surface area (Å²) in [5, 5.41) is 0. The van der Waals surface area contributed by atoms with E-state index in [1.807, 2.05) is 6.08 Å². The van der Waals surface area contributed by atoms with E-state index in [0.29, 0.717) is 11.1 Å². The maximum Gasteiger partial charge on any atom is 0.421 e. The molecule has 0 amide bonds. The summed E-state index contributed by atoms with van der Waals surface area (Å²) in [5.74, 6) is 0.260. The number of halogens is 3. The van der Waals surface area contributed by atoms with Crippen molar-refractivity contribution in [2.24, 2.45) is 5.92 Å². The molecule has 0 atom stereocenters. The van der Waals surface area contributed by atoms with Gasteiger partial charge in [0.1, 0.15) is 5.56 Å². The van der Waals surface area contributed by atoms with Gasteiger partial charge in [-0.2, -0.15) is 13.2 Å². The number of rotatable bonds is 4. The molecule has 1 aromatic heterocycles. The molecule has 1 heterocycles. The number of hydrogen-bond donors (Lipinski definition) is 1. The minimum absolute atomic E-state index is 0.150. The molecule has 4 nitrogen and oxygen atoms in total. The number of aromatic nitrogens is 1. The van der Waals surface area contributed by atoms with Gasteiger partial charge in [0.05, 0.1) is 4.90 Å². The number of pyridine rings is 1. The molecule has 1 aliphatic rings. The highest BCUT2D eigenvalue weighted by Gasteiger charge is 2.34. The molecule has 0 radical (unpaired) electrons. The number of allylic oxidation sites excluding steroid dienone is 1. The average Bonchev–Trinajstić information content (AvgIpc) is 3.11. The maximum absolute atomic E-state index is 12.9. The molecule has 2 aromatic rings. The topological polar surface area (TPSA) is 67.0 Å². The van der Waals surface area contributed by atoms with Crippen molar-refractivity contribution in [3.8, 4) is 0 Å². The van der Waals surface area contributed by atoms with Crippen LogP contribution < -0.4 is 5.56 Å². The van der Waals surface area contributed by atoms with Gasteiger partial charge in [-0.25, -0.2) is 8.42 Å². The van der Waals surface area contributed by atoms with Crippen molar-refractivity contribution in [2.45, 2.75) is 36.8 Å². The fourth-order valence-electron chi connectivity index (χ4n) is 3.44. The van der Waals surface area contributed by atoms with E-state index in [1.165, 1.54) is 18.2 Å². The second-order valence-corrected chi connectivity index (χ2v) is 9.05. The number of sulfone groups is 1. The summed E-state index contributed by atoms with van der Waals surface area (Å²) in [6, 6.07) is 8.14. The van der Waals surface area contributed by atoms with E-state index < -0.39 is 27.1 Å². The van der Waals surface area contributed by atoms with Crippen molar-refractivity contribution in [1.82, 2.24) is 4.98 Å². The minimum atomic E-state index is -4.72. The Morgan fingerprint density at radius 3 is 2.18 bits per heavy atom. The van der Waals surface area contributed by atoms with Crippen LogP contribution in [0.2, 0.25) is 0 Å². The molecular formula is C20H20F3NO3S. The van der Waals surface area contributed by atoms with Crippen molar-refractivity contribution in [3.05, 3.63) is 69.6 Å². The summed E-state index contributed by atoms with van der Waals surface area (Å²) in [7, 11) is -3.36. The Labute approximate surface area is 161 Å². The zero-order chi connectivity index (χ0) is 20.5. The van der Waals surface area contributed by atoms with Crippen molar-refractivity contribution in [1.29, 1.82) is 0 Å². The molecule has 0 aliphatic heterocycles. The molecular weight excluding hydrogens is 391 g/mol. The van der Waals surface area contributed by atoms with Crippen molar-refractivity contribution < 1.29 is 21.6 Å². The van der Waals surface area contributed by atoms with Crippen LogP contribution in [-0.4, -0.2) is 19.7 Å². The second-order valence-electron chi connectivity index (χ2n) is 7.03. The van der Waals surface area contributed by atoms with E-state index in [1.54, 1.807) is 12.1 Å². The van der Waals surface area contributed by atoms with Crippen LogP contribution in [-0.2, 0) is 16.0 Å². The predicted molar refractivity (Wildman–Crippen MR) is 101 cm³/mol. The van der Waals surface area contributed by atoms with E-state index in [0.717, 1.165) is 38.0 Å². The van der Waals surface area contributed by atoms with Gasteiger partial charge >= 0.3 is 6.18 Å². The summed E-state index contributed by atoms with van der Waals surface area (Å²) in [4.78, 5) is 14.5. The van der Waals surface area contributed by atoms with E-state index >= 15 is 0 Å². The molecule has 0 unspecified atom stereocenters. The summed E-state index contributed by atoms with van der Waals surface area (Å²) >= 11 is 0. The van der Waals surface area contributed by atoms with Gasteiger partial charge in [0, 0.05) is 17.5 Å². The molecule has 28 heavy (non-hydrogen) atoms. The lowest BCUT2D eigenvalue weighted by Gasteiger charge is -2.13. The van der Waals surface area contributed by atoms with Crippen LogP contribution in [0.3, 0.4) is 0 Å². The van der Waals surface area contributed by atoms with E-state index in [2.05, 4.69) is 4.98 Å². The van der Waals surface area contributed by atoms with Gasteiger partial charge in [0.25, 0.3) is 5.56 Å². The molecule has 1 aliphatic carbocycles. The largest absolute Gasteiger partial charge is 0.421 e. The SMILES string of the molecule is CS(=O)(=O)c1ccc(/C(=C/C2CCCC2)c2ccc(C(F)(F)F)c(=O)[nH]2)cc1. The van der Waals surface area contributed by atoms with Crippen LogP contribution in [0.5, 0.6) is 0 Å². The van der Waals surface area contributed by atoms with Gasteiger partial charge in [-0.05, 0) is 48.6 Å². The summed E-state index contributed by atoms with van der Waals surface area (Å²) < 4.78 is 62.0. The van der Waals surface area contributed by atoms with Crippen LogP contribution in [0.25, 0.3) is 5.57 Å². The zero-order valence-corrected chi connectivity index (χ0v) is 16.0. The van der Waals surface area contributed by atoms with Crippen molar-refractivity contribution in [2.75, 3.05) is 6.26 Å². The van der Waals surface area contributed by atoms with Gasteiger partial charge < -0.3 is 4.98 Å². The van der Waals surface area contributed by atoms with Gasteiger partial charge in [0.15, 0.2) is 9.84 Å². The molecule has 1 fully saturated rings. The zero-order valence-electron chi connectivity index (χ0n) is 15.2. The summed E-state index contributed by atoms with van der Waals surface area (Å²) in [6.07, 6.45) is 2.42. The molecule has 3 rings (SSSR count). The molecule has 8 heteroatoms. The first-order valence-electron chi connectivity index (χ1n) is 8.89. The van der Waals surface area contributed by atoms with E-state index in [4.69, 9.17) is 0 Å². The number of hydrogen-bond acceptors (Lipinski definition) is 3. The van der Waals surface area contributed by atoms with Crippen LogP contribution in [0.15, 0.2) is 52.2 Å². The van der Waals surface area contributed by atoms with Crippen LogP contribution in [0, 0.1) is 5.92 Å². The molecule has 0 bridgehead atoms. The highest BCUT2D eigenvalue weighted by molar-refractivity contribution is 7.90. The Bertz CT molecular complexity index is 1050. The number of nitrogens with one attached hydrogen (secondary N) is 1. The Hall–Kier alpha value is -2.35. The highest BCUT2D eigenvalue weighted by atomic mass is 32.2. The Balaban J connectivity index is 2.08. The lowest BCUT2D eigenvalue weighted by Crippen LogP contribution is -2.22. The fourth-order valence-corrected chi connectivity index (χ4v) is 4.07. The Kier molecular flexibility index (Phi) is 5.52. The summed E-state index contributed by atoms with van der Waals surface area (Å²) in [6.45, 7) is 0. The predicted octanol–water partition coefficient (Wildman–Crippen LogP) is 4.42.